The van der Waals surface area contributed by atoms with Crippen LogP contribution in [0, 0.1) is 0 Å². The number of thiazole rings is 1. The first-order chi connectivity index (χ1) is 12.1. The number of carbonyl (C=O) groups is 2. The molecule has 1 aromatic carbocycles. The fraction of sp³-hybridized carbons (Fsp3) is 0.389. The molecule has 6 nitrogen and oxygen atoms in total. The maximum Gasteiger partial charge on any atom is 0.277 e. The molecule has 1 saturated heterocycles. The molecule has 132 valence electrons. The van der Waals surface area contributed by atoms with Gasteiger partial charge >= 0.3 is 0 Å². The molecule has 1 aliphatic rings. The summed E-state index contributed by atoms with van der Waals surface area (Å²) in [5.41, 5.74) is 6.43. The lowest BCUT2D eigenvalue weighted by atomic mass is 9.98. The third-order valence-electron chi connectivity index (χ3n) is 4.30. The molecule has 1 fully saturated rings. The number of primary amides is 1. The number of ketones is 1. The molecule has 0 unspecified atom stereocenters. The van der Waals surface area contributed by atoms with Crippen molar-refractivity contribution in [3.63, 3.8) is 0 Å². The molecule has 0 radical (unpaired) electrons. The lowest BCUT2D eigenvalue weighted by molar-refractivity contribution is 0.0960. The fourth-order valence-corrected chi connectivity index (χ4v) is 4.01. The molecule has 3 N–H and O–H groups in total. The summed E-state index contributed by atoms with van der Waals surface area (Å²) in [6.07, 6.45) is 3.60. The van der Waals surface area contributed by atoms with Gasteiger partial charge in [-0.15, -0.1) is 11.3 Å². The molecule has 25 heavy (non-hydrogen) atoms. The van der Waals surface area contributed by atoms with Crippen molar-refractivity contribution in [2.24, 2.45) is 5.73 Å². The van der Waals surface area contributed by atoms with Gasteiger partial charge in [0.15, 0.2) is 10.8 Å². The van der Waals surface area contributed by atoms with Crippen molar-refractivity contribution in [2.75, 3.05) is 13.7 Å². The summed E-state index contributed by atoms with van der Waals surface area (Å²) in [6, 6.07) is 7.54. The Morgan fingerprint density at radius 1 is 1.36 bits per heavy atom. The Morgan fingerprint density at radius 3 is 2.84 bits per heavy atom. The number of nitrogens with two attached hydrogens (primary N) is 1. The summed E-state index contributed by atoms with van der Waals surface area (Å²) in [5.74, 6) is -0.0768. The van der Waals surface area contributed by atoms with Crippen LogP contribution in [-0.4, -0.2) is 36.4 Å². The van der Waals surface area contributed by atoms with Crippen molar-refractivity contribution in [3.05, 3.63) is 35.0 Å². The molecule has 7 heteroatoms. The van der Waals surface area contributed by atoms with Crippen molar-refractivity contribution in [2.45, 2.75) is 31.7 Å². The smallest absolute Gasteiger partial charge is 0.277 e. The first-order valence-corrected chi connectivity index (χ1v) is 9.12. The number of para-hydroxylation sites is 1. The van der Waals surface area contributed by atoms with Crippen LogP contribution in [0.3, 0.4) is 0 Å². The van der Waals surface area contributed by atoms with E-state index in [1.54, 1.807) is 7.11 Å². The maximum absolute atomic E-state index is 12.9. The topological polar surface area (TPSA) is 94.3 Å². The van der Waals surface area contributed by atoms with Gasteiger partial charge in [0.1, 0.15) is 11.4 Å². The number of benzene rings is 1. The van der Waals surface area contributed by atoms with Crippen molar-refractivity contribution in [3.8, 4) is 16.2 Å². The normalized spacial score (nSPS) is 17.2. The molecule has 0 saturated carbocycles. The Balaban J connectivity index is 1.97. The number of nitrogens with zero attached hydrogens (tertiary/aromatic N) is 1. The summed E-state index contributed by atoms with van der Waals surface area (Å²) in [5, 5.41) is 3.51. The van der Waals surface area contributed by atoms with E-state index in [0.29, 0.717) is 22.7 Å². The van der Waals surface area contributed by atoms with Gasteiger partial charge in [0.25, 0.3) is 5.91 Å². The maximum atomic E-state index is 12.9. The van der Waals surface area contributed by atoms with Gasteiger partial charge in [-0.25, -0.2) is 4.98 Å². The van der Waals surface area contributed by atoms with Crippen LogP contribution in [0.15, 0.2) is 24.3 Å². The number of nitrogens with one attached hydrogen (secondary N) is 1. The Morgan fingerprint density at radius 2 is 2.16 bits per heavy atom. The van der Waals surface area contributed by atoms with Gasteiger partial charge < -0.3 is 15.8 Å². The summed E-state index contributed by atoms with van der Waals surface area (Å²) in [7, 11) is 1.57. The van der Waals surface area contributed by atoms with Gasteiger partial charge in [-0.1, -0.05) is 18.6 Å². The highest BCUT2D eigenvalue weighted by Gasteiger charge is 2.26. The second kappa shape index (κ2) is 7.76. The molecular weight excluding hydrogens is 338 g/mol. The molecule has 1 amide bonds. The van der Waals surface area contributed by atoms with Crippen molar-refractivity contribution < 1.29 is 14.3 Å². The molecule has 2 heterocycles. The number of carbonyl (C=O) groups excluding carboxylic acids is 2. The largest absolute Gasteiger partial charge is 0.496 e. The second-order valence-electron chi connectivity index (χ2n) is 6.04. The lowest BCUT2D eigenvalue weighted by Gasteiger charge is -2.22. The van der Waals surface area contributed by atoms with E-state index in [1.165, 1.54) is 0 Å². The van der Waals surface area contributed by atoms with E-state index in [0.717, 1.165) is 42.7 Å². The van der Waals surface area contributed by atoms with E-state index in [2.05, 4.69) is 10.3 Å². The van der Waals surface area contributed by atoms with Gasteiger partial charge in [-0.3, -0.25) is 9.59 Å². The van der Waals surface area contributed by atoms with Crippen LogP contribution in [0.2, 0.25) is 0 Å². The zero-order valence-electron chi connectivity index (χ0n) is 14.1. The van der Waals surface area contributed by atoms with Crippen LogP contribution < -0.4 is 15.8 Å². The second-order valence-corrected chi connectivity index (χ2v) is 7.03. The number of Topliss-reactive ketones (excluding diaryl/α,β-unsaturated/α-hetero) is 1. The SMILES string of the molecule is COc1ccccc1-c1sc(C(N)=O)nc1C(=O)C[C@H]1CCCCN1. The van der Waals surface area contributed by atoms with Crippen molar-refractivity contribution >= 4 is 23.0 Å². The summed E-state index contributed by atoms with van der Waals surface area (Å²) in [6.45, 7) is 0.931. The van der Waals surface area contributed by atoms with E-state index in [1.807, 2.05) is 24.3 Å². The third kappa shape index (κ3) is 3.88. The van der Waals surface area contributed by atoms with Gasteiger partial charge in [-0.2, -0.15) is 0 Å². The number of piperidine rings is 1. The van der Waals surface area contributed by atoms with Gasteiger partial charge in [0.2, 0.25) is 0 Å². The summed E-state index contributed by atoms with van der Waals surface area (Å²) >= 11 is 1.13. The van der Waals surface area contributed by atoms with E-state index < -0.39 is 5.91 Å². The molecule has 0 aliphatic carbocycles. The lowest BCUT2D eigenvalue weighted by Crippen LogP contribution is -2.35. The minimum atomic E-state index is -0.629. The number of hydrogen-bond acceptors (Lipinski definition) is 6. The first-order valence-electron chi connectivity index (χ1n) is 8.30. The average molecular weight is 359 g/mol. The van der Waals surface area contributed by atoms with Crippen LogP contribution in [0.25, 0.3) is 10.4 Å². The number of aromatic nitrogens is 1. The molecule has 1 atom stereocenters. The summed E-state index contributed by atoms with van der Waals surface area (Å²) in [4.78, 5) is 29.3. The average Bonchev–Trinajstić information content (AvgIpc) is 3.08. The fourth-order valence-electron chi connectivity index (χ4n) is 3.05. The molecular formula is C18H21N3O3S. The van der Waals surface area contributed by atoms with Crippen LogP contribution in [0.1, 0.15) is 46.0 Å². The van der Waals surface area contributed by atoms with Gasteiger partial charge in [-0.05, 0) is 31.5 Å². The number of hydrogen-bond donors (Lipinski definition) is 2. The zero-order chi connectivity index (χ0) is 17.8. The Bertz CT molecular complexity index is 782. The van der Waals surface area contributed by atoms with Crippen LogP contribution in [-0.2, 0) is 0 Å². The number of ether oxygens (including phenoxy) is 1. The monoisotopic (exact) mass is 359 g/mol. The van der Waals surface area contributed by atoms with Crippen molar-refractivity contribution in [1.82, 2.24) is 10.3 Å². The molecule has 1 aliphatic heterocycles. The van der Waals surface area contributed by atoms with E-state index in [9.17, 15) is 9.59 Å². The van der Waals surface area contributed by atoms with E-state index in [-0.39, 0.29) is 16.8 Å². The molecule has 0 bridgehead atoms. The quantitative estimate of drug-likeness (QED) is 0.773. The molecule has 2 aromatic rings. The number of methoxy groups -OCH3 is 1. The van der Waals surface area contributed by atoms with Crippen molar-refractivity contribution in [1.29, 1.82) is 0 Å². The van der Waals surface area contributed by atoms with E-state index >= 15 is 0 Å². The minimum absolute atomic E-state index is 0.0796. The predicted molar refractivity (Wildman–Crippen MR) is 97.2 cm³/mol. The zero-order valence-corrected chi connectivity index (χ0v) is 14.9. The summed E-state index contributed by atoms with van der Waals surface area (Å²) < 4.78 is 5.39. The number of rotatable bonds is 6. The Kier molecular flexibility index (Phi) is 5.45. The highest BCUT2D eigenvalue weighted by Crippen LogP contribution is 2.37. The Hall–Kier alpha value is -2.25. The van der Waals surface area contributed by atoms with Gasteiger partial charge in [0.05, 0.1) is 12.0 Å². The standard InChI is InChI=1S/C18H21N3O3S/c1-24-14-8-3-2-7-12(14)16-15(21-18(25-16)17(19)23)13(22)10-11-6-4-5-9-20-11/h2-3,7-8,11,20H,4-6,9-10H2,1H3,(H2,19,23)/t11-/m1/s1. The molecule has 0 spiro atoms. The van der Waals surface area contributed by atoms with E-state index in [4.69, 9.17) is 10.5 Å². The minimum Gasteiger partial charge on any atom is -0.496 e. The number of amides is 1. The molecule has 1 aromatic heterocycles. The molecule has 3 rings (SSSR count). The Labute approximate surface area is 150 Å². The van der Waals surface area contributed by atoms with Crippen LogP contribution >= 0.6 is 11.3 Å². The highest BCUT2D eigenvalue weighted by molar-refractivity contribution is 7.17. The van der Waals surface area contributed by atoms with Gasteiger partial charge in [0, 0.05) is 18.0 Å². The third-order valence-corrected chi connectivity index (χ3v) is 5.40. The van der Waals surface area contributed by atoms with Crippen LogP contribution in [0.4, 0.5) is 0 Å². The van der Waals surface area contributed by atoms with Crippen LogP contribution in [0.5, 0.6) is 5.75 Å². The first kappa shape index (κ1) is 17.6. The predicted octanol–water partition coefficient (Wildman–Crippen LogP) is 2.63. The highest BCUT2D eigenvalue weighted by atomic mass is 32.1.